The highest BCUT2D eigenvalue weighted by Crippen LogP contribution is 2.46. The summed E-state index contributed by atoms with van der Waals surface area (Å²) in [6, 6.07) is 7.59. The Hall–Kier alpha value is -9.44. The molecule has 4 aliphatic rings. The van der Waals surface area contributed by atoms with Crippen molar-refractivity contribution in [1.29, 1.82) is 0 Å². The molecule has 474 valence electrons. The number of hydrogen-bond donors (Lipinski definition) is 7. The average Bonchev–Trinajstić information content (AvgIpc) is 1.64. The van der Waals surface area contributed by atoms with Crippen LogP contribution in [0, 0.1) is 12.7 Å². The van der Waals surface area contributed by atoms with Crippen LogP contribution in [-0.4, -0.2) is 159 Å². The van der Waals surface area contributed by atoms with Gasteiger partial charge in [0.15, 0.2) is 5.60 Å². The smallest absolute Gasteiger partial charge is 0.410 e. The van der Waals surface area contributed by atoms with E-state index < -0.39 is 157 Å². The second-order valence-corrected chi connectivity index (χ2v) is 23.8. The van der Waals surface area contributed by atoms with E-state index in [1.165, 1.54) is 17.6 Å². The number of nitrogens with one attached hydrogen (secondary N) is 6. The van der Waals surface area contributed by atoms with Gasteiger partial charge in [-0.25, -0.2) is 19.0 Å². The highest BCUT2D eigenvalue weighted by atomic mass is 19.1. The van der Waals surface area contributed by atoms with Crippen molar-refractivity contribution in [3.8, 4) is 11.4 Å². The molecule has 9 amide bonds. The minimum Gasteiger partial charge on any atom is -0.459 e. The average molecular weight is 1240 g/mol. The van der Waals surface area contributed by atoms with Gasteiger partial charge in [-0.2, -0.15) is 0 Å². The van der Waals surface area contributed by atoms with Gasteiger partial charge in [-0.3, -0.25) is 57.7 Å². The van der Waals surface area contributed by atoms with Crippen LogP contribution in [0.15, 0.2) is 59.4 Å². The van der Waals surface area contributed by atoms with Crippen molar-refractivity contribution in [3.63, 3.8) is 0 Å². The number of rotatable bonds is 22. The Morgan fingerprint density at radius 2 is 1.47 bits per heavy atom. The fraction of sp³-hybridized carbons (Fsp3) is 0.459. The number of cyclic esters (lactones) is 1. The van der Waals surface area contributed by atoms with E-state index >= 15 is 4.39 Å². The summed E-state index contributed by atoms with van der Waals surface area (Å²) in [6.07, 6.45) is 0.105. The Morgan fingerprint density at radius 3 is 2.12 bits per heavy atom. The molecule has 5 atom stereocenters. The highest BCUT2D eigenvalue weighted by Gasteiger charge is 2.46. The maximum atomic E-state index is 15.5. The van der Waals surface area contributed by atoms with Gasteiger partial charge in [0.25, 0.3) is 17.4 Å². The number of benzene rings is 2. The van der Waals surface area contributed by atoms with Crippen LogP contribution in [0.3, 0.4) is 0 Å². The van der Waals surface area contributed by atoms with Crippen LogP contribution in [0.1, 0.15) is 113 Å². The molecule has 5 heterocycles. The molecule has 1 aliphatic carbocycles. The zero-order chi connectivity index (χ0) is 65.0. The number of ether oxygens (including phenoxy) is 4. The normalized spacial score (nSPS) is 17.4. The van der Waals surface area contributed by atoms with E-state index in [9.17, 15) is 62.6 Å². The number of carbonyl (C=O) groups excluding carboxylic acids is 11. The molecule has 7 N–H and O–H groups in total. The van der Waals surface area contributed by atoms with Crippen molar-refractivity contribution < 1.29 is 81.2 Å². The summed E-state index contributed by atoms with van der Waals surface area (Å²) in [7, 11) is 0. The van der Waals surface area contributed by atoms with E-state index in [2.05, 4.69) is 31.9 Å². The van der Waals surface area contributed by atoms with Crippen molar-refractivity contribution >= 4 is 76.2 Å². The lowest BCUT2D eigenvalue weighted by molar-refractivity contribution is -0.172. The lowest BCUT2D eigenvalue weighted by Crippen LogP contribution is -2.57. The van der Waals surface area contributed by atoms with Crippen LogP contribution >= 0.6 is 0 Å². The van der Waals surface area contributed by atoms with Crippen molar-refractivity contribution in [2.75, 3.05) is 39.5 Å². The summed E-state index contributed by atoms with van der Waals surface area (Å²) in [5.41, 5.74) is -0.565. The first-order chi connectivity index (χ1) is 41.9. The first kappa shape index (κ1) is 65.5. The zero-order valence-corrected chi connectivity index (χ0v) is 50.6. The van der Waals surface area contributed by atoms with E-state index in [1.54, 1.807) is 91.8 Å². The summed E-state index contributed by atoms with van der Waals surface area (Å²) >= 11 is 0. The summed E-state index contributed by atoms with van der Waals surface area (Å²) in [5, 5.41) is 27.1. The van der Waals surface area contributed by atoms with Crippen molar-refractivity contribution in [3.05, 3.63) is 110 Å². The topological polar surface area (TPSA) is 358 Å². The fourth-order valence-corrected chi connectivity index (χ4v) is 10.8. The van der Waals surface area contributed by atoms with Crippen LogP contribution in [-0.2, 0) is 98.5 Å². The van der Waals surface area contributed by atoms with Gasteiger partial charge >= 0.3 is 18.0 Å². The predicted octanol–water partition coefficient (Wildman–Crippen LogP) is 1.06. The van der Waals surface area contributed by atoms with Crippen molar-refractivity contribution in [1.82, 2.24) is 51.3 Å². The maximum absolute atomic E-state index is 15.5. The third-order valence-corrected chi connectivity index (χ3v) is 15.1. The number of aromatic nitrogens is 2. The molecular weight excluding hydrogens is 1160 g/mol. The molecule has 0 fully saturated rings. The number of amides is 9. The van der Waals surface area contributed by atoms with Crippen LogP contribution in [0.2, 0.25) is 0 Å². The van der Waals surface area contributed by atoms with Crippen molar-refractivity contribution in [2.45, 2.75) is 142 Å². The van der Waals surface area contributed by atoms with E-state index in [4.69, 9.17) is 23.9 Å². The van der Waals surface area contributed by atoms with Gasteiger partial charge in [0.05, 0.1) is 61.2 Å². The molecule has 0 spiro atoms. The van der Waals surface area contributed by atoms with Gasteiger partial charge in [0, 0.05) is 41.2 Å². The molecule has 4 aromatic rings. The molecule has 89 heavy (non-hydrogen) atoms. The van der Waals surface area contributed by atoms with E-state index in [1.807, 2.05) is 0 Å². The number of fused-ring (bicyclic) bond motifs is 5. The molecule has 3 aliphatic heterocycles. The molecule has 0 saturated heterocycles. The Kier molecular flexibility index (Phi) is 19.5. The van der Waals surface area contributed by atoms with Gasteiger partial charge in [-0.15, -0.1) is 0 Å². The number of halogens is 1. The summed E-state index contributed by atoms with van der Waals surface area (Å²) in [5.74, 6) is -9.13. The first-order valence-corrected chi connectivity index (χ1v) is 28.8. The highest BCUT2D eigenvalue weighted by molar-refractivity contribution is 6.15. The third-order valence-electron chi connectivity index (χ3n) is 15.1. The molecule has 0 saturated carbocycles. The summed E-state index contributed by atoms with van der Waals surface area (Å²) < 4.78 is 38.7. The Bertz CT molecular complexity index is 3650. The molecule has 28 heteroatoms. The lowest BCUT2D eigenvalue weighted by Gasteiger charge is -2.32. The third kappa shape index (κ3) is 14.9. The number of pyridine rings is 2. The van der Waals surface area contributed by atoms with Crippen LogP contribution in [0.4, 0.5) is 9.18 Å². The summed E-state index contributed by atoms with van der Waals surface area (Å²) in [6.45, 7) is 9.67. The number of carbonyl (C=O) groups is 11. The lowest BCUT2D eigenvalue weighted by atomic mass is 9.81. The monoisotopic (exact) mass is 1230 g/mol. The number of hydrogen-bond acceptors (Lipinski definition) is 18. The standard InChI is InChI=1S/C61H71FN10O17/c1-10-61(85)37-21-42-52-35(26-71(42)56(82)36(37)29-86-57(61)83)51-39(17-16-34-31(2)38(62)22-40(68-52)50(34)51)69-53(79)32(3)87-30-66-45(74)24-64-54(80)41(20-33-14-12-11-13-15-33)67-46(75)25-63-44(73)23-65-55(81)43(72-47(76)18-19-48(72)77)27-70(58(84)89-60(7,8)9)28-49(78)88-59(4,5)6/h11-15,18-19,21-22,32,39,41,43,85H,10,16-17,20,23-30H2,1-9H3,(H,63,73)(H,64,80)(H,65,81)(H,66,74)(H,67,75)(H,69,79)/t32-,39+,41-,43+,61-/m0/s1. The van der Waals surface area contributed by atoms with Gasteiger partial charge in [0.1, 0.15) is 55.1 Å². The molecular formula is C61H71FN10O17. The minimum atomic E-state index is -2.08. The van der Waals surface area contributed by atoms with E-state index in [0.29, 0.717) is 62.3 Å². The molecule has 0 unspecified atom stereocenters. The molecule has 8 rings (SSSR count). The van der Waals surface area contributed by atoms with Crippen molar-refractivity contribution in [2.24, 2.45) is 0 Å². The molecule has 27 nitrogen and oxygen atoms in total. The van der Waals surface area contributed by atoms with E-state index in [-0.39, 0.29) is 42.6 Å². The second-order valence-electron chi connectivity index (χ2n) is 23.8. The maximum Gasteiger partial charge on any atom is 0.410 e. The molecule has 2 aromatic carbocycles. The fourth-order valence-electron chi connectivity index (χ4n) is 10.8. The minimum absolute atomic E-state index is 0.0197. The summed E-state index contributed by atoms with van der Waals surface area (Å²) in [4.78, 5) is 166. The molecule has 0 radical (unpaired) electrons. The van der Waals surface area contributed by atoms with Gasteiger partial charge in [0.2, 0.25) is 35.4 Å². The van der Waals surface area contributed by atoms with Gasteiger partial charge < -0.3 is 60.5 Å². The number of imide groups is 1. The van der Waals surface area contributed by atoms with Crippen LogP contribution in [0.25, 0.3) is 22.3 Å². The number of aryl methyl sites for hydroxylation is 1. The molecule has 0 bridgehead atoms. The SMILES string of the molecule is CC[C@@]1(O)C(=O)OCc2c1cc1n(c2=O)Cc2c-1nc1cc(F)c(C)c3c1c2[C@H](NC(=O)[C@H](C)OCNC(=O)CNC(=O)[C@H](Cc1ccccc1)NC(=O)CNC(=O)CNC(=O)[C@@H](CN(CC(=O)OC(C)(C)C)C(=O)OC(C)(C)C)N1C(=O)C=CC1=O)CC3. The van der Waals surface area contributed by atoms with Crippen LogP contribution in [0.5, 0.6) is 0 Å². The predicted molar refractivity (Wildman–Crippen MR) is 312 cm³/mol. The number of esters is 2. The number of aliphatic hydroxyl groups is 1. The Morgan fingerprint density at radius 1 is 0.831 bits per heavy atom. The molecule has 2 aromatic heterocycles. The zero-order valence-electron chi connectivity index (χ0n) is 50.6. The first-order valence-electron chi connectivity index (χ1n) is 28.8. The quantitative estimate of drug-likeness (QED) is 0.0220. The van der Waals surface area contributed by atoms with E-state index in [0.717, 1.165) is 17.1 Å². The largest absolute Gasteiger partial charge is 0.459 e. The Labute approximate surface area is 509 Å². The Balaban J connectivity index is 0.851. The number of nitrogens with zero attached hydrogens (tertiary/aromatic N) is 4. The second kappa shape index (κ2) is 26.5. The van der Waals surface area contributed by atoms with Gasteiger partial charge in [-0.1, -0.05) is 37.3 Å². The van der Waals surface area contributed by atoms with Gasteiger partial charge in [-0.05, 0) is 103 Å². The van der Waals surface area contributed by atoms with Crippen LogP contribution < -0.4 is 37.5 Å².